The van der Waals surface area contributed by atoms with E-state index in [9.17, 15) is 13.2 Å². The molecule has 1 atom stereocenters. The van der Waals surface area contributed by atoms with Gasteiger partial charge in [0.25, 0.3) is 5.91 Å². The molecule has 0 aliphatic carbocycles. The maximum atomic E-state index is 12.8. The first-order valence-corrected chi connectivity index (χ1v) is 9.69. The van der Waals surface area contributed by atoms with Crippen molar-refractivity contribution < 1.29 is 27.4 Å². The van der Waals surface area contributed by atoms with Gasteiger partial charge in [-0.1, -0.05) is 12.1 Å². The molecule has 0 saturated carbocycles. The smallest absolute Gasteiger partial charge is 0.257 e. The third-order valence-corrected chi connectivity index (χ3v) is 5.03. The van der Waals surface area contributed by atoms with Crippen LogP contribution in [0.2, 0.25) is 0 Å². The molecule has 1 aliphatic heterocycles. The molecule has 0 fully saturated rings. The highest BCUT2D eigenvalue weighted by Crippen LogP contribution is 2.31. The third-order valence-electron chi connectivity index (χ3n) is 4.12. The van der Waals surface area contributed by atoms with Crippen molar-refractivity contribution in [2.75, 3.05) is 27.3 Å². The maximum absolute atomic E-state index is 12.8. The molecular weight excluding hydrogens is 372 g/mol. The van der Waals surface area contributed by atoms with E-state index in [0.29, 0.717) is 18.1 Å². The minimum absolute atomic E-state index is 0.101. The minimum Gasteiger partial charge on any atom is -0.496 e. The molecule has 2 aromatic rings. The van der Waals surface area contributed by atoms with Crippen molar-refractivity contribution in [3.05, 3.63) is 48.0 Å². The van der Waals surface area contributed by atoms with E-state index in [2.05, 4.69) is 0 Å². The predicted molar refractivity (Wildman–Crippen MR) is 97.7 cm³/mol. The first-order chi connectivity index (χ1) is 12.8. The number of hydrogen-bond donors (Lipinski definition) is 1. The van der Waals surface area contributed by atoms with Crippen molar-refractivity contribution >= 4 is 15.9 Å². The molecule has 1 heterocycles. The Hall–Kier alpha value is -2.78. The van der Waals surface area contributed by atoms with Crippen LogP contribution in [0.4, 0.5) is 0 Å². The second kappa shape index (κ2) is 7.45. The predicted octanol–water partition coefficient (Wildman–Crippen LogP) is 1.25. The maximum Gasteiger partial charge on any atom is 0.257 e. The molecule has 0 bridgehead atoms. The van der Waals surface area contributed by atoms with Crippen LogP contribution in [0, 0.1) is 0 Å². The SMILES string of the molecule is COc1ccc(S(N)(=O)=O)cc1C(=O)N(C)C[C@H]1COc2ccccc2O1. The number of fused-ring (bicyclic) bond motifs is 1. The molecule has 2 N–H and O–H groups in total. The number of methoxy groups -OCH3 is 1. The van der Waals surface area contributed by atoms with Crippen LogP contribution in [0.3, 0.4) is 0 Å². The number of carbonyl (C=O) groups excluding carboxylic acids is 1. The standard InChI is InChI=1S/C18H20N2O6S/c1-20(10-12-11-25-16-5-3-4-6-17(16)26-12)18(21)14-9-13(27(19,22)23)7-8-15(14)24-2/h3-9,12H,10-11H2,1-2H3,(H2,19,22,23)/t12-/m0/s1. The van der Waals surface area contributed by atoms with Gasteiger partial charge in [0.05, 0.1) is 24.1 Å². The summed E-state index contributed by atoms with van der Waals surface area (Å²) in [7, 11) is -0.948. The zero-order chi connectivity index (χ0) is 19.6. The van der Waals surface area contributed by atoms with E-state index < -0.39 is 15.9 Å². The molecule has 0 aromatic heterocycles. The number of sulfonamides is 1. The summed E-state index contributed by atoms with van der Waals surface area (Å²) in [5, 5.41) is 5.16. The van der Waals surface area contributed by atoms with E-state index in [-0.39, 0.29) is 28.9 Å². The summed E-state index contributed by atoms with van der Waals surface area (Å²) in [6, 6.07) is 11.2. The van der Waals surface area contributed by atoms with E-state index in [0.717, 1.165) is 0 Å². The van der Waals surface area contributed by atoms with Crippen LogP contribution in [0.15, 0.2) is 47.4 Å². The second-order valence-electron chi connectivity index (χ2n) is 6.09. The van der Waals surface area contributed by atoms with Crippen molar-refractivity contribution in [1.82, 2.24) is 4.90 Å². The summed E-state index contributed by atoms with van der Waals surface area (Å²) in [5.74, 6) is 1.11. The monoisotopic (exact) mass is 392 g/mol. The van der Waals surface area contributed by atoms with Gasteiger partial charge in [0.1, 0.15) is 12.4 Å². The van der Waals surface area contributed by atoms with E-state index in [1.807, 2.05) is 18.2 Å². The Morgan fingerprint density at radius 2 is 1.96 bits per heavy atom. The fourth-order valence-electron chi connectivity index (χ4n) is 2.78. The van der Waals surface area contributed by atoms with Gasteiger partial charge in [-0.3, -0.25) is 4.79 Å². The Labute approximate surface area is 157 Å². The lowest BCUT2D eigenvalue weighted by atomic mass is 10.1. The van der Waals surface area contributed by atoms with Crippen LogP contribution in [0.1, 0.15) is 10.4 Å². The van der Waals surface area contributed by atoms with Gasteiger partial charge in [0.2, 0.25) is 10.0 Å². The van der Waals surface area contributed by atoms with Crippen molar-refractivity contribution in [2.24, 2.45) is 5.14 Å². The number of nitrogens with two attached hydrogens (primary N) is 1. The minimum atomic E-state index is -3.94. The van der Waals surface area contributed by atoms with Gasteiger partial charge in [0.15, 0.2) is 17.6 Å². The number of rotatable bonds is 5. The zero-order valence-electron chi connectivity index (χ0n) is 14.9. The molecule has 0 radical (unpaired) electrons. The number of primary sulfonamides is 1. The number of likely N-dealkylation sites (N-methyl/N-ethyl adjacent to an activating group) is 1. The lowest BCUT2D eigenvalue weighted by Gasteiger charge is -2.29. The number of benzene rings is 2. The van der Waals surface area contributed by atoms with E-state index >= 15 is 0 Å². The van der Waals surface area contributed by atoms with Gasteiger partial charge in [-0.25, -0.2) is 13.6 Å². The summed E-state index contributed by atoms with van der Waals surface area (Å²) in [4.78, 5) is 14.1. The Kier molecular flexibility index (Phi) is 5.24. The summed E-state index contributed by atoms with van der Waals surface area (Å²) < 4.78 is 39.9. The van der Waals surface area contributed by atoms with Crippen LogP contribution < -0.4 is 19.3 Å². The third kappa shape index (κ3) is 4.15. The summed E-state index contributed by atoms with van der Waals surface area (Å²) >= 11 is 0. The Bertz CT molecular complexity index is 960. The average molecular weight is 392 g/mol. The Morgan fingerprint density at radius 3 is 2.63 bits per heavy atom. The average Bonchev–Trinajstić information content (AvgIpc) is 2.66. The molecular formula is C18H20N2O6S. The van der Waals surface area contributed by atoms with Crippen LogP contribution >= 0.6 is 0 Å². The molecule has 0 saturated heterocycles. The van der Waals surface area contributed by atoms with E-state index in [4.69, 9.17) is 19.3 Å². The highest BCUT2D eigenvalue weighted by atomic mass is 32.2. The normalized spacial score (nSPS) is 15.9. The van der Waals surface area contributed by atoms with Crippen molar-refractivity contribution in [2.45, 2.75) is 11.0 Å². The number of ether oxygens (including phenoxy) is 3. The van der Waals surface area contributed by atoms with E-state index in [1.165, 1.54) is 30.2 Å². The van der Waals surface area contributed by atoms with Crippen LogP contribution in [-0.2, 0) is 10.0 Å². The van der Waals surface area contributed by atoms with Crippen LogP contribution in [-0.4, -0.2) is 52.6 Å². The number of para-hydroxylation sites is 2. The van der Waals surface area contributed by atoms with Gasteiger partial charge < -0.3 is 19.1 Å². The lowest BCUT2D eigenvalue weighted by Crippen LogP contribution is -2.41. The van der Waals surface area contributed by atoms with Crippen LogP contribution in [0.5, 0.6) is 17.2 Å². The molecule has 0 unspecified atom stereocenters. The fraction of sp³-hybridized carbons (Fsp3) is 0.278. The van der Waals surface area contributed by atoms with Crippen molar-refractivity contribution in [3.8, 4) is 17.2 Å². The summed E-state index contributed by atoms with van der Waals surface area (Å²) in [6.07, 6.45) is -0.360. The summed E-state index contributed by atoms with van der Waals surface area (Å²) in [6.45, 7) is 0.541. The molecule has 1 aliphatic rings. The number of nitrogens with zero attached hydrogens (tertiary/aromatic N) is 1. The molecule has 2 aromatic carbocycles. The molecule has 144 valence electrons. The van der Waals surface area contributed by atoms with Gasteiger partial charge >= 0.3 is 0 Å². The topological polar surface area (TPSA) is 108 Å². The van der Waals surface area contributed by atoms with E-state index in [1.54, 1.807) is 13.1 Å². The van der Waals surface area contributed by atoms with Gasteiger partial charge in [-0.05, 0) is 30.3 Å². The quantitative estimate of drug-likeness (QED) is 0.821. The zero-order valence-corrected chi connectivity index (χ0v) is 15.7. The number of carbonyl (C=O) groups is 1. The number of amides is 1. The molecule has 0 spiro atoms. The summed E-state index contributed by atoms with van der Waals surface area (Å²) in [5.41, 5.74) is 0.101. The molecule has 1 amide bonds. The molecule has 3 rings (SSSR count). The molecule has 8 nitrogen and oxygen atoms in total. The van der Waals surface area contributed by atoms with Crippen LogP contribution in [0.25, 0.3) is 0 Å². The van der Waals surface area contributed by atoms with Crippen molar-refractivity contribution in [3.63, 3.8) is 0 Å². The fourth-order valence-corrected chi connectivity index (χ4v) is 3.32. The first-order valence-electron chi connectivity index (χ1n) is 8.14. The van der Waals surface area contributed by atoms with Gasteiger partial charge in [0, 0.05) is 7.05 Å². The highest BCUT2D eigenvalue weighted by Gasteiger charge is 2.26. The lowest BCUT2D eigenvalue weighted by molar-refractivity contribution is 0.0519. The van der Waals surface area contributed by atoms with Gasteiger partial charge in [-0.2, -0.15) is 0 Å². The largest absolute Gasteiger partial charge is 0.496 e. The second-order valence-corrected chi connectivity index (χ2v) is 7.65. The molecule has 9 heteroatoms. The Balaban J connectivity index is 1.78. The number of hydrogen-bond acceptors (Lipinski definition) is 6. The van der Waals surface area contributed by atoms with Crippen molar-refractivity contribution in [1.29, 1.82) is 0 Å². The van der Waals surface area contributed by atoms with Gasteiger partial charge in [-0.15, -0.1) is 0 Å². The first kappa shape index (κ1) is 19.0. The molecule has 27 heavy (non-hydrogen) atoms. The highest BCUT2D eigenvalue weighted by molar-refractivity contribution is 7.89. The Morgan fingerprint density at radius 1 is 1.26 bits per heavy atom.